The Morgan fingerprint density at radius 3 is 2.83 bits per heavy atom. The lowest BCUT2D eigenvalue weighted by Gasteiger charge is -2.22. The Hall–Kier alpha value is -4.24. The molecule has 4 heterocycles. The van der Waals surface area contributed by atoms with Gasteiger partial charge < -0.3 is 14.6 Å². The van der Waals surface area contributed by atoms with Gasteiger partial charge in [0.25, 0.3) is 5.78 Å². The second-order valence-corrected chi connectivity index (χ2v) is 9.75. The molecule has 2 aliphatic heterocycles. The number of carbonyl (C=O) groups excluding carboxylic acids is 2. The number of methoxy groups -OCH3 is 1. The quantitative estimate of drug-likeness (QED) is 0.248. The number of Topliss-reactive ketones (excluding diaryl/α,β-unsaturated/α-hetero) is 1. The van der Waals surface area contributed by atoms with E-state index in [2.05, 4.69) is 9.97 Å². The molecule has 2 aromatic carbocycles. The number of benzene rings is 2. The topological polar surface area (TPSA) is 102 Å². The van der Waals surface area contributed by atoms with E-state index < -0.39 is 17.7 Å². The first-order chi connectivity index (χ1) is 17.4. The van der Waals surface area contributed by atoms with Gasteiger partial charge in [0.2, 0.25) is 0 Å². The van der Waals surface area contributed by atoms with E-state index in [0.717, 1.165) is 16.0 Å². The number of aromatic nitrogens is 2. The highest BCUT2D eigenvalue weighted by molar-refractivity contribution is 7.22. The molecule has 1 saturated heterocycles. The van der Waals surface area contributed by atoms with Crippen LogP contribution in [0.3, 0.4) is 0 Å². The van der Waals surface area contributed by atoms with E-state index in [-0.39, 0.29) is 17.4 Å². The number of carbonyl (C=O) groups is 2. The SMILES string of the molecule is COc1ccc2nc(N3C(=O)C(=O)C(=C(O)c4ccc5c(c4)C[C@H](C)O5)[C@H]3c3cccnc3)sc2c1. The highest BCUT2D eigenvalue weighted by Gasteiger charge is 2.48. The van der Waals surface area contributed by atoms with Crippen molar-refractivity contribution in [2.45, 2.75) is 25.5 Å². The van der Waals surface area contributed by atoms with Crippen LogP contribution in [-0.2, 0) is 16.0 Å². The summed E-state index contributed by atoms with van der Waals surface area (Å²) in [5, 5.41) is 11.7. The third-order valence-corrected chi connectivity index (χ3v) is 7.42. The summed E-state index contributed by atoms with van der Waals surface area (Å²) in [4.78, 5) is 37.0. The first kappa shape index (κ1) is 22.2. The van der Waals surface area contributed by atoms with Crippen LogP contribution in [0.15, 0.2) is 66.5 Å². The van der Waals surface area contributed by atoms with Gasteiger partial charge in [-0.15, -0.1) is 0 Å². The smallest absolute Gasteiger partial charge is 0.301 e. The summed E-state index contributed by atoms with van der Waals surface area (Å²) in [6.07, 6.45) is 3.94. The number of nitrogens with zero attached hydrogens (tertiary/aromatic N) is 3. The van der Waals surface area contributed by atoms with Gasteiger partial charge in [0.15, 0.2) is 5.13 Å². The lowest BCUT2D eigenvalue weighted by molar-refractivity contribution is -0.132. The number of hydrogen-bond donors (Lipinski definition) is 1. The fourth-order valence-electron chi connectivity index (χ4n) is 4.73. The second kappa shape index (κ2) is 8.46. The van der Waals surface area contributed by atoms with Crippen molar-refractivity contribution in [2.75, 3.05) is 12.0 Å². The van der Waals surface area contributed by atoms with E-state index >= 15 is 0 Å². The molecule has 1 N–H and O–H groups in total. The van der Waals surface area contributed by atoms with Crippen LogP contribution in [0, 0.1) is 0 Å². The van der Waals surface area contributed by atoms with Gasteiger partial charge in [-0.3, -0.25) is 19.5 Å². The molecule has 6 rings (SSSR count). The van der Waals surface area contributed by atoms with Crippen LogP contribution in [0.4, 0.5) is 5.13 Å². The number of aliphatic hydroxyl groups excluding tert-OH is 1. The maximum atomic E-state index is 13.4. The lowest BCUT2D eigenvalue weighted by atomic mass is 9.95. The summed E-state index contributed by atoms with van der Waals surface area (Å²) in [6.45, 7) is 1.97. The van der Waals surface area contributed by atoms with E-state index in [1.807, 2.05) is 19.1 Å². The van der Waals surface area contributed by atoms with Crippen molar-refractivity contribution < 1.29 is 24.2 Å². The molecule has 2 atom stereocenters. The number of ether oxygens (including phenoxy) is 2. The molecule has 0 aliphatic carbocycles. The molecule has 0 bridgehead atoms. The number of aliphatic hydroxyl groups is 1. The Kier molecular flexibility index (Phi) is 5.22. The molecule has 2 aromatic heterocycles. The number of ketones is 1. The van der Waals surface area contributed by atoms with E-state index in [4.69, 9.17) is 9.47 Å². The lowest BCUT2D eigenvalue weighted by Crippen LogP contribution is -2.29. The summed E-state index contributed by atoms with van der Waals surface area (Å²) in [5.74, 6) is -0.348. The fraction of sp³-hybridized carbons (Fsp3) is 0.185. The molecule has 0 spiro atoms. The van der Waals surface area contributed by atoms with Crippen molar-refractivity contribution in [3.05, 3.63) is 83.2 Å². The van der Waals surface area contributed by atoms with E-state index in [0.29, 0.717) is 33.9 Å². The van der Waals surface area contributed by atoms with Gasteiger partial charge in [0.1, 0.15) is 23.4 Å². The minimum Gasteiger partial charge on any atom is -0.507 e. The molecule has 4 aromatic rings. The van der Waals surface area contributed by atoms with E-state index in [1.54, 1.807) is 55.9 Å². The zero-order valence-corrected chi connectivity index (χ0v) is 20.3. The van der Waals surface area contributed by atoms with E-state index in [9.17, 15) is 14.7 Å². The van der Waals surface area contributed by atoms with Crippen molar-refractivity contribution in [3.63, 3.8) is 0 Å². The van der Waals surface area contributed by atoms with Gasteiger partial charge in [-0.2, -0.15) is 0 Å². The van der Waals surface area contributed by atoms with E-state index in [1.165, 1.54) is 16.2 Å². The number of amides is 1. The Morgan fingerprint density at radius 1 is 1.19 bits per heavy atom. The van der Waals surface area contributed by atoms with Gasteiger partial charge in [0, 0.05) is 24.4 Å². The van der Waals surface area contributed by atoms with Crippen LogP contribution < -0.4 is 14.4 Å². The molecule has 0 saturated carbocycles. The molecule has 0 unspecified atom stereocenters. The third-order valence-electron chi connectivity index (χ3n) is 6.40. The third kappa shape index (κ3) is 3.51. The first-order valence-corrected chi connectivity index (χ1v) is 12.2. The highest BCUT2D eigenvalue weighted by atomic mass is 32.1. The van der Waals surface area contributed by atoms with Crippen molar-refractivity contribution in [1.29, 1.82) is 0 Å². The molecule has 9 heteroatoms. The molecule has 1 amide bonds. The Bertz CT molecular complexity index is 1560. The van der Waals surface area contributed by atoms with Crippen molar-refractivity contribution in [2.24, 2.45) is 0 Å². The number of rotatable bonds is 4. The van der Waals surface area contributed by atoms with Crippen LogP contribution in [0.1, 0.15) is 29.7 Å². The normalized spacial score (nSPS) is 20.6. The van der Waals surface area contributed by atoms with Crippen LogP contribution in [0.25, 0.3) is 16.0 Å². The molecule has 1 fully saturated rings. The summed E-state index contributed by atoms with van der Waals surface area (Å²) < 4.78 is 11.9. The number of pyridine rings is 1. The number of anilines is 1. The molecule has 8 nitrogen and oxygen atoms in total. The van der Waals surface area contributed by atoms with Gasteiger partial charge in [-0.1, -0.05) is 17.4 Å². The van der Waals surface area contributed by atoms with Gasteiger partial charge in [-0.05, 0) is 60.5 Å². The summed E-state index contributed by atoms with van der Waals surface area (Å²) >= 11 is 1.27. The molecule has 36 heavy (non-hydrogen) atoms. The van der Waals surface area contributed by atoms with Gasteiger partial charge >= 0.3 is 5.91 Å². The standard InChI is InChI=1S/C27H21N3O5S/c1-14-10-17-11-15(5-8-20(17)35-14)24(31)22-23(16-4-3-9-28-13-16)30(26(33)25(22)32)27-29-19-7-6-18(34-2)12-21(19)36-27/h3-9,11-14,23,31H,10H2,1-2H3/t14-,23+/m0/s1. The maximum Gasteiger partial charge on any atom is 0.301 e. The molecule has 2 aliphatic rings. The maximum absolute atomic E-state index is 13.4. The molecular formula is C27H21N3O5S. The average molecular weight is 500 g/mol. The number of hydrogen-bond acceptors (Lipinski definition) is 8. The Balaban J connectivity index is 1.52. The van der Waals surface area contributed by atoms with Crippen LogP contribution in [0.5, 0.6) is 11.5 Å². The van der Waals surface area contributed by atoms with Crippen LogP contribution in [0.2, 0.25) is 0 Å². The summed E-state index contributed by atoms with van der Waals surface area (Å²) in [6, 6.07) is 13.3. The highest BCUT2D eigenvalue weighted by Crippen LogP contribution is 2.45. The first-order valence-electron chi connectivity index (χ1n) is 11.4. The molecular weight excluding hydrogens is 478 g/mol. The fourth-order valence-corrected chi connectivity index (χ4v) is 5.75. The largest absolute Gasteiger partial charge is 0.507 e. The summed E-state index contributed by atoms with van der Waals surface area (Å²) in [7, 11) is 1.58. The van der Waals surface area contributed by atoms with Gasteiger partial charge in [-0.25, -0.2) is 4.98 Å². The van der Waals surface area contributed by atoms with Gasteiger partial charge in [0.05, 0.1) is 28.9 Å². The minimum atomic E-state index is -0.885. The van der Waals surface area contributed by atoms with Crippen molar-refractivity contribution >= 4 is 44.1 Å². The monoisotopic (exact) mass is 499 g/mol. The number of fused-ring (bicyclic) bond motifs is 2. The Morgan fingerprint density at radius 2 is 2.06 bits per heavy atom. The zero-order chi connectivity index (χ0) is 25.0. The summed E-state index contributed by atoms with van der Waals surface area (Å²) in [5.41, 5.74) is 2.66. The van der Waals surface area contributed by atoms with Crippen molar-refractivity contribution in [1.82, 2.24) is 9.97 Å². The predicted octanol–water partition coefficient (Wildman–Crippen LogP) is 4.65. The second-order valence-electron chi connectivity index (χ2n) is 8.74. The Labute approximate surface area is 210 Å². The average Bonchev–Trinajstić information content (AvgIpc) is 3.55. The predicted molar refractivity (Wildman–Crippen MR) is 135 cm³/mol. The van der Waals surface area contributed by atoms with Crippen LogP contribution >= 0.6 is 11.3 Å². The number of thiazole rings is 1. The minimum absolute atomic E-state index is 0.00301. The zero-order valence-electron chi connectivity index (χ0n) is 19.5. The van der Waals surface area contributed by atoms with Crippen molar-refractivity contribution in [3.8, 4) is 11.5 Å². The molecule has 0 radical (unpaired) electrons. The molecule has 180 valence electrons. The van der Waals surface area contributed by atoms with Crippen LogP contribution in [-0.4, -0.2) is 40.0 Å².